The predicted octanol–water partition coefficient (Wildman–Crippen LogP) is 2.08. The molecule has 0 saturated heterocycles. The molecule has 118 valence electrons. The minimum atomic E-state index is -0.672. The number of carbonyl (C=O) groups excluding carboxylic acids is 1. The summed E-state index contributed by atoms with van der Waals surface area (Å²) in [7, 11) is 3.51. The van der Waals surface area contributed by atoms with Gasteiger partial charge in [0.25, 0.3) is 0 Å². The first-order valence-electron chi connectivity index (χ1n) is 7.10. The predicted molar refractivity (Wildman–Crippen MR) is 82.7 cm³/mol. The van der Waals surface area contributed by atoms with Crippen LogP contribution >= 0.6 is 0 Å². The number of aromatic nitrogens is 2. The molecule has 1 amide bonds. The van der Waals surface area contributed by atoms with Gasteiger partial charge in [-0.25, -0.2) is 4.39 Å². The first kappa shape index (κ1) is 16.2. The van der Waals surface area contributed by atoms with Crippen LogP contribution in [0.1, 0.15) is 28.6 Å². The van der Waals surface area contributed by atoms with Gasteiger partial charge in [-0.15, -0.1) is 0 Å². The molecular formula is C16H21FN4O. The van der Waals surface area contributed by atoms with Gasteiger partial charge in [-0.2, -0.15) is 5.10 Å². The fourth-order valence-corrected chi connectivity index (χ4v) is 2.46. The summed E-state index contributed by atoms with van der Waals surface area (Å²) >= 11 is 0. The van der Waals surface area contributed by atoms with Crippen molar-refractivity contribution < 1.29 is 9.18 Å². The molecule has 0 bridgehead atoms. The molecule has 0 aliphatic heterocycles. The quantitative estimate of drug-likeness (QED) is 0.889. The Morgan fingerprint density at radius 2 is 2.05 bits per heavy atom. The van der Waals surface area contributed by atoms with Crippen LogP contribution in [0.3, 0.4) is 0 Å². The van der Waals surface area contributed by atoms with Gasteiger partial charge < -0.3 is 5.32 Å². The molecule has 1 aromatic carbocycles. The van der Waals surface area contributed by atoms with Crippen molar-refractivity contribution in [2.24, 2.45) is 0 Å². The number of H-pyrrole nitrogens is 1. The van der Waals surface area contributed by atoms with E-state index in [9.17, 15) is 9.18 Å². The van der Waals surface area contributed by atoms with Gasteiger partial charge in [0, 0.05) is 23.4 Å². The van der Waals surface area contributed by atoms with E-state index in [0.717, 1.165) is 17.0 Å². The number of amides is 1. The molecule has 1 atom stereocenters. The summed E-state index contributed by atoms with van der Waals surface area (Å²) in [5.74, 6) is -0.623. The summed E-state index contributed by atoms with van der Waals surface area (Å²) in [6.45, 7) is 4.15. The Hall–Kier alpha value is -2.21. The zero-order valence-corrected chi connectivity index (χ0v) is 13.3. The molecule has 0 saturated carbocycles. The SMILES string of the molecule is Cc1n[nH]c(C)c1CNC(=O)[C@@H](c1ccccc1F)N(C)C. The molecule has 0 aliphatic carbocycles. The van der Waals surface area contributed by atoms with Crippen LogP contribution in [0, 0.1) is 19.7 Å². The van der Waals surface area contributed by atoms with E-state index in [1.54, 1.807) is 37.2 Å². The summed E-state index contributed by atoms with van der Waals surface area (Å²) in [4.78, 5) is 14.2. The van der Waals surface area contributed by atoms with Crippen LogP contribution in [0.25, 0.3) is 0 Å². The van der Waals surface area contributed by atoms with Crippen LogP contribution in [0.5, 0.6) is 0 Å². The Balaban J connectivity index is 2.16. The maximum Gasteiger partial charge on any atom is 0.242 e. The number of halogens is 1. The number of rotatable bonds is 5. The standard InChI is InChI=1S/C16H21FN4O/c1-10-13(11(2)20-19-10)9-18-16(22)15(21(3)4)12-7-5-6-8-14(12)17/h5-8,15H,9H2,1-4H3,(H,18,22)(H,19,20)/t15-/m1/s1. The van der Waals surface area contributed by atoms with Crippen LogP contribution in [0.15, 0.2) is 24.3 Å². The van der Waals surface area contributed by atoms with Gasteiger partial charge in [0.1, 0.15) is 11.9 Å². The maximum atomic E-state index is 14.0. The lowest BCUT2D eigenvalue weighted by Crippen LogP contribution is -2.37. The summed E-state index contributed by atoms with van der Waals surface area (Å²) in [6.07, 6.45) is 0. The summed E-state index contributed by atoms with van der Waals surface area (Å²) < 4.78 is 14.0. The van der Waals surface area contributed by atoms with Gasteiger partial charge in [0.2, 0.25) is 5.91 Å². The smallest absolute Gasteiger partial charge is 0.242 e. The maximum absolute atomic E-state index is 14.0. The third kappa shape index (κ3) is 3.33. The molecule has 2 N–H and O–H groups in total. The van der Waals surface area contributed by atoms with Crippen molar-refractivity contribution in [1.82, 2.24) is 20.4 Å². The van der Waals surface area contributed by atoms with Crippen molar-refractivity contribution in [2.45, 2.75) is 26.4 Å². The van der Waals surface area contributed by atoms with Crippen molar-refractivity contribution in [2.75, 3.05) is 14.1 Å². The Bertz CT molecular complexity index is 646. The molecule has 0 fully saturated rings. The third-order valence-electron chi connectivity index (χ3n) is 3.68. The molecule has 5 nitrogen and oxygen atoms in total. The van der Waals surface area contributed by atoms with Crippen molar-refractivity contribution in [3.8, 4) is 0 Å². The lowest BCUT2D eigenvalue weighted by Gasteiger charge is -2.24. The van der Waals surface area contributed by atoms with E-state index in [1.165, 1.54) is 6.07 Å². The lowest BCUT2D eigenvalue weighted by molar-refractivity contribution is -0.126. The van der Waals surface area contributed by atoms with Gasteiger partial charge in [0.15, 0.2) is 0 Å². The molecule has 2 rings (SSSR count). The van der Waals surface area contributed by atoms with E-state index in [0.29, 0.717) is 12.1 Å². The van der Waals surface area contributed by atoms with E-state index in [2.05, 4.69) is 15.5 Å². The Morgan fingerprint density at radius 1 is 1.36 bits per heavy atom. The minimum Gasteiger partial charge on any atom is -0.350 e. The average molecular weight is 304 g/mol. The first-order valence-corrected chi connectivity index (χ1v) is 7.10. The Kier molecular flexibility index (Phi) is 4.92. The highest BCUT2D eigenvalue weighted by Crippen LogP contribution is 2.21. The van der Waals surface area contributed by atoms with Crippen molar-refractivity contribution in [3.63, 3.8) is 0 Å². The Labute approximate surface area is 129 Å². The second-order valence-corrected chi connectivity index (χ2v) is 5.52. The molecular weight excluding hydrogens is 283 g/mol. The minimum absolute atomic E-state index is 0.241. The Morgan fingerprint density at radius 3 is 2.59 bits per heavy atom. The van der Waals surface area contributed by atoms with Crippen LogP contribution < -0.4 is 5.32 Å². The number of benzene rings is 1. The molecule has 0 spiro atoms. The second kappa shape index (κ2) is 6.70. The van der Waals surface area contributed by atoms with Crippen LogP contribution in [-0.4, -0.2) is 35.1 Å². The van der Waals surface area contributed by atoms with E-state index in [-0.39, 0.29) is 11.7 Å². The van der Waals surface area contributed by atoms with Crippen LogP contribution in [-0.2, 0) is 11.3 Å². The van der Waals surface area contributed by atoms with E-state index >= 15 is 0 Å². The molecule has 1 heterocycles. The highest BCUT2D eigenvalue weighted by atomic mass is 19.1. The lowest BCUT2D eigenvalue weighted by atomic mass is 10.0. The highest BCUT2D eigenvalue weighted by Gasteiger charge is 2.25. The number of hydrogen-bond donors (Lipinski definition) is 2. The zero-order chi connectivity index (χ0) is 16.3. The highest BCUT2D eigenvalue weighted by molar-refractivity contribution is 5.83. The van der Waals surface area contributed by atoms with Crippen LogP contribution in [0.4, 0.5) is 4.39 Å². The third-order valence-corrected chi connectivity index (χ3v) is 3.68. The van der Waals surface area contributed by atoms with Gasteiger partial charge in [-0.1, -0.05) is 18.2 Å². The zero-order valence-electron chi connectivity index (χ0n) is 13.3. The van der Waals surface area contributed by atoms with Gasteiger partial charge in [0.05, 0.1) is 5.69 Å². The van der Waals surface area contributed by atoms with Gasteiger partial charge in [-0.3, -0.25) is 14.8 Å². The normalized spacial score (nSPS) is 12.5. The fourth-order valence-electron chi connectivity index (χ4n) is 2.46. The summed E-state index contributed by atoms with van der Waals surface area (Å²) in [5.41, 5.74) is 3.10. The molecule has 0 unspecified atom stereocenters. The van der Waals surface area contributed by atoms with Crippen molar-refractivity contribution in [1.29, 1.82) is 0 Å². The number of aromatic amines is 1. The molecule has 0 radical (unpaired) electrons. The monoisotopic (exact) mass is 304 g/mol. The van der Waals surface area contributed by atoms with E-state index in [4.69, 9.17) is 0 Å². The van der Waals surface area contributed by atoms with E-state index in [1.807, 2.05) is 13.8 Å². The van der Waals surface area contributed by atoms with E-state index < -0.39 is 6.04 Å². The van der Waals surface area contributed by atoms with Gasteiger partial charge in [-0.05, 0) is 34.0 Å². The topological polar surface area (TPSA) is 61.0 Å². The molecule has 22 heavy (non-hydrogen) atoms. The summed E-state index contributed by atoms with van der Waals surface area (Å²) in [6, 6.07) is 5.67. The largest absolute Gasteiger partial charge is 0.350 e. The number of carbonyl (C=O) groups is 1. The second-order valence-electron chi connectivity index (χ2n) is 5.52. The summed E-state index contributed by atoms with van der Waals surface area (Å²) in [5, 5.41) is 9.85. The number of aryl methyl sites for hydroxylation is 2. The van der Waals surface area contributed by atoms with Crippen LogP contribution in [0.2, 0.25) is 0 Å². The molecule has 1 aromatic heterocycles. The number of nitrogens with one attached hydrogen (secondary N) is 2. The molecule has 0 aliphatic rings. The number of likely N-dealkylation sites (N-methyl/N-ethyl adjacent to an activating group) is 1. The fraction of sp³-hybridized carbons (Fsp3) is 0.375. The van der Waals surface area contributed by atoms with Gasteiger partial charge >= 0.3 is 0 Å². The molecule has 2 aromatic rings. The van der Waals surface area contributed by atoms with Crippen molar-refractivity contribution in [3.05, 3.63) is 52.6 Å². The number of hydrogen-bond acceptors (Lipinski definition) is 3. The first-order chi connectivity index (χ1) is 10.4. The molecule has 6 heteroatoms. The average Bonchev–Trinajstić information content (AvgIpc) is 2.78. The van der Waals surface area contributed by atoms with Crippen molar-refractivity contribution >= 4 is 5.91 Å². The number of nitrogens with zero attached hydrogens (tertiary/aromatic N) is 2.